The van der Waals surface area contributed by atoms with Gasteiger partial charge in [0.15, 0.2) is 0 Å². The van der Waals surface area contributed by atoms with Gasteiger partial charge in [0, 0.05) is 43.0 Å². The maximum Gasteiger partial charge on any atom is 0.255 e. The maximum absolute atomic E-state index is 12.4. The van der Waals surface area contributed by atoms with Crippen LogP contribution in [0.2, 0.25) is 0 Å². The molecule has 2 N–H and O–H groups in total. The van der Waals surface area contributed by atoms with Crippen LogP contribution in [0, 0.1) is 0 Å². The summed E-state index contributed by atoms with van der Waals surface area (Å²) in [5.41, 5.74) is 8.13. The van der Waals surface area contributed by atoms with Gasteiger partial charge in [-0.3, -0.25) is 20.6 Å². The molecule has 0 radical (unpaired) electrons. The molecule has 3 heterocycles. The Morgan fingerprint density at radius 2 is 1.90 bits per heavy atom. The monoisotopic (exact) mass is 290 g/mol. The summed E-state index contributed by atoms with van der Waals surface area (Å²) in [7, 11) is 0. The van der Waals surface area contributed by atoms with Gasteiger partial charge < -0.3 is 9.64 Å². The third-order valence-electron chi connectivity index (χ3n) is 4.29. The predicted molar refractivity (Wildman–Crippen MR) is 78.9 cm³/mol. The lowest BCUT2D eigenvalue weighted by molar-refractivity contribution is 0.0302. The van der Waals surface area contributed by atoms with E-state index in [0.29, 0.717) is 49.9 Å². The molecular formula is C15H22N4O2. The molecule has 1 aromatic rings. The van der Waals surface area contributed by atoms with E-state index in [1.807, 2.05) is 17.0 Å². The summed E-state index contributed by atoms with van der Waals surface area (Å²) in [6, 6.07) is 4.51. The van der Waals surface area contributed by atoms with Crippen LogP contribution in [0.25, 0.3) is 0 Å². The zero-order chi connectivity index (χ0) is 14.8. The zero-order valence-electron chi connectivity index (χ0n) is 12.5. The summed E-state index contributed by atoms with van der Waals surface area (Å²) in [6.45, 7) is 6.82. The molecule has 3 rings (SSSR count). The highest BCUT2D eigenvalue weighted by atomic mass is 16.5. The van der Waals surface area contributed by atoms with Gasteiger partial charge in [0.25, 0.3) is 5.91 Å². The van der Waals surface area contributed by atoms with E-state index in [0.717, 1.165) is 5.69 Å². The van der Waals surface area contributed by atoms with Crippen LogP contribution in [0.4, 0.5) is 0 Å². The maximum atomic E-state index is 12.4. The fraction of sp³-hybridized carbons (Fsp3) is 0.600. The van der Waals surface area contributed by atoms with Gasteiger partial charge >= 0.3 is 0 Å². The number of ether oxygens (including phenoxy) is 1. The smallest absolute Gasteiger partial charge is 0.255 e. The number of carbonyl (C=O) groups is 1. The van der Waals surface area contributed by atoms with E-state index in [1.165, 1.54) is 0 Å². The number of hydrazine groups is 1. The molecule has 21 heavy (non-hydrogen) atoms. The van der Waals surface area contributed by atoms with Crippen molar-refractivity contribution in [1.29, 1.82) is 0 Å². The first-order valence-electron chi connectivity index (χ1n) is 7.51. The van der Waals surface area contributed by atoms with Gasteiger partial charge in [-0.15, -0.1) is 0 Å². The Morgan fingerprint density at radius 1 is 1.24 bits per heavy atom. The Labute approximate surface area is 124 Å². The molecule has 0 spiro atoms. The molecule has 1 aromatic heterocycles. The molecule has 0 saturated carbocycles. The summed E-state index contributed by atoms with van der Waals surface area (Å²) < 4.78 is 5.27. The second-order valence-electron chi connectivity index (χ2n) is 5.77. The van der Waals surface area contributed by atoms with Gasteiger partial charge in [0.1, 0.15) is 0 Å². The second-order valence-corrected chi connectivity index (χ2v) is 5.77. The van der Waals surface area contributed by atoms with Crippen LogP contribution in [-0.4, -0.2) is 54.2 Å². The lowest BCUT2D eigenvalue weighted by Gasteiger charge is -2.27. The van der Waals surface area contributed by atoms with Crippen molar-refractivity contribution in [3.63, 3.8) is 0 Å². The Hall–Kier alpha value is -1.50. The molecule has 114 valence electrons. The summed E-state index contributed by atoms with van der Waals surface area (Å²) >= 11 is 0. The largest absolute Gasteiger partial charge is 0.378 e. The van der Waals surface area contributed by atoms with Crippen molar-refractivity contribution in [3.8, 4) is 0 Å². The topological polar surface area (TPSA) is 66.5 Å². The lowest BCUT2D eigenvalue weighted by atomic mass is 9.92. The predicted octanol–water partition coefficient (Wildman–Crippen LogP) is 0.522. The van der Waals surface area contributed by atoms with Crippen LogP contribution in [0.1, 0.15) is 35.8 Å². The molecular weight excluding hydrogens is 268 g/mol. The first-order chi connectivity index (χ1) is 10.2. The fourth-order valence-electron chi connectivity index (χ4n) is 3.07. The summed E-state index contributed by atoms with van der Waals surface area (Å²) in [5.74, 6) is 0.360. The molecule has 2 aliphatic heterocycles. The highest BCUT2D eigenvalue weighted by Gasteiger charge is 2.32. The standard InChI is InChI=1S/C15H22N4O2/c1-10-14(11(2)18-17-10)13-4-3-12(9-16-13)15(20)19-5-7-21-8-6-19/h3-4,9-11,14,17-18H,5-8H2,1-2H3. The third kappa shape index (κ3) is 2.92. The SMILES string of the molecule is CC1NNC(C)C1c1ccc(C(=O)N2CCOCC2)cn1. The lowest BCUT2D eigenvalue weighted by Crippen LogP contribution is -2.40. The minimum Gasteiger partial charge on any atom is -0.378 e. The number of carbonyl (C=O) groups excluding carboxylic acids is 1. The van der Waals surface area contributed by atoms with Gasteiger partial charge in [0.2, 0.25) is 0 Å². The van der Waals surface area contributed by atoms with Gasteiger partial charge in [-0.05, 0) is 26.0 Å². The number of rotatable bonds is 2. The number of amides is 1. The van der Waals surface area contributed by atoms with E-state index in [9.17, 15) is 4.79 Å². The van der Waals surface area contributed by atoms with Crippen LogP contribution < -0.4 is 10.9 Å². The normalized spacial score (nSPS) is 29.6. The molecule has 2 unspecified atom stereocenters. The fourth-order valence-corrected chi connectivity index (χ4v) is 3.07. The van der Waals surface area contributed by atoms with Crippen molar-refractivity contribution in [1.82, 2.24) is 20.7 Å². The number of pyridine rings is 1. The number of nitrogens with zero attached hydrogens (tertiary/aromatic N) is 2. The molecule has 2 saturated heterocycles. The summed E-state index contributed by atoms with van der Waals surface area (Å²) in [4.78, 5) is 18.7. The van der Waals surface area contributed by atoms with Crippen LogP contribution in [0.3, 0.4) is 0 Å². The van der Waals surface area contributed by atoms with Crippen LogP contribution in [0.5, 0.6) is 0 Å². The summed E-state index contributed by atoms with van der Waals surface area (Å²) in [6.07, 6.45) is 1.70. The van der Waals surface area contributed by atoms with E-state index >= 15 is 0 Å². The van der Waals surface area contributed by atoms with Crippen molar-refractivity contribution < 1.29 is 9.53 Å². The minimum absolute atomic E-state index is 0.0427. The molecule has 1 amide bonds. The van der Waals surface area contributed by atoms with Crippen molar-refractivity contribution >= 4 is 5.91 Å². The van der Waals surface area contributed by atoms with E-state index in [4.69, 9.17) is 4.74 Å². The third-order valence-corrected chi connectivity index (χ3v) is 4.29. The van der Waals surface area contributed by atoms with E-state index in [-0.39, 0.29) is 5.91 Å². The molecule has 6 nitrogen and oxygen atoms in total. The van der Waals surface area contributed by atoms with Gasteiger partial charge in [-0.1, -0.05) is 0 Å². The minimum atomic E-state index is 0.0427. The number of hydrogen-bond donors (Lipinski definition) is 2. The highest BCUT2D eigenvalue weighted by molar-refractivity contribution is 5.94. The molecule has 0 bridgehead atoms. The van der Waals surface area contributed by atoms with Gasteiger partial charge in [-0.2, -0.15) is 0 Å². The van der Waals surface area contributed by atoms with E-state index in [1.54, 1.807) is 6.20 Å². The van der Waals surface area contributed by atoms with Crippen LogP contribution in [0.15, 0.2) is 18.3 Å². The molecule has 0 aromatic carbocycles. The average Bonchev–Trinajstić information content (AvgIpc) is 2.87. The quantitative estimate of drug-likeness (QED) is 0.831. The van der Waals surface area contributed by atoms with Crippen molar-refractivity contribution in [2.75, 3.05) is 26.3 Å². The number of nitrogens with one attached hydrogen (secondary N) is 2. The first-order valence-corrected chi connectivity index (χ1v) is 7.51. The Morgan fingerprint density at radius 3 is 2.48 bits per heavy atom. The Kier molecular flexibility index (Phi) is 4.19. The van der Waals surface area contributed by atoms with Gasteiger partial charge in [-0.25, -0.2) is 0 Å². The number of hydrogen-bond acceptors (Lipinski definition) is 5. The second kappa shape index (κ2) is 6.09. The van der Waals surface area contributed by atoms with E-state index < -0.39 is 0 Å². The van der Waals surface area contributed by atoms with Crippen molar-refractivity contribution in [2.45, 2.75) is 31.8 Å². The summed E-state index contributed by atoms with van der Waals surface area (Å²) in [5, 5.41) is 0. The Balaban J connectivity index is 1.73. The molecule has 2 atom stereocenters. The molecule has 2 fully saturated rings. The molecule has 0 aliphatic carbocycles. The number of morpholine rings is 1. The highest BCUT2D eigenvalue weighted by Crippen LogP contribution is 2.25. The zero-order valence-corrected chi connectivity index (χ0v) is 12.5. The molecule has 6 heteroatoms. The van der Waals surface area contributed by atoms with Crippen molar-refractivity contribution in [2.24, 2.45) is 0 Å². The molecule has 2 aliphatic rings. The van der Waals surface area contributed by atoms with Crippen LogP contribution in [-0.2, 0) is 4.74 Å². The van der Waals surface area contributed by atoms with Crippen molar-refractivity contribution in [3.05, 3.63) is 29.6 Å². The average molecular weight is 290 g/mol. The Bertz CT molecular complexity index is 489. The van der Waals surface area contributed by atoms with E-state index in [2.05, 4.69) is 29.7 Å². The van der Waals surface area contributed by atoms with Crippen LogP contribution >= 0.6 is 0 Å². The number of aromatic nitrogens is 1. The first kappa shape index (κ1) is 14.4. The van der Waals surface area contributed by atoms with Gasteiger partial charge in [0.05, 0.1) is 18.8 Å².